The molecule has 3 heterocycles. The van der Waals surface area contributed by atoms with Gasteiger partial charge in [-0.1, -0.05) is 62.9 Å². The van der Waals surface area contributed by atoms with Gasteiger partial charge in [-0.25, -0.2) is 0 Å². The number of methoxy groups -OCH3 is 2. The molecule has 360 valence electrons. The summed E-state index contributed by atoms with van der Waals surface area (Å²) in [5.74, 6) is 0.285. The topological polar surface area (TPSA) is 189 Å². The van der Waals surface area contributed by atoms with Gasteiger partial charge < -0.3 is 49.4 Å². The van der Waals surface area contributed by atoms with Crippen LogP contribution >= 0.6 is 0 Å². The number of nitrogens with zero attached hydrogens (tertiary/aromatic N) is 1. The molecular formula is C54H63N3O11. The lowest BCUT2D eigenvalue weighted by atomic mass is 9.55. The van der Waals surface area contributed by atoms with Gasteiger partial charge in [0, 0.05) is 76.1 Å². The molecule has 6 atom stereocenters. The van der Waals surface area contributed by atoms with Crippen molar-refractivity contribution in [3.63, 3.8) is 0 Å². The summed E-state index contributed by atoms with van der Waals surface area (Å²) in [7, 11) is 3.10. The van der Waals surface area contributed by atoms with E-state index < -0.39 is 35.1 Å². The highest BCUT2D eigenvalue weighted by Crippen LogP contribution is 2.59. The Hall–Kier alpha value is -5.80. The molecule has 0 aromatic heterocycles. The third-order valence-electron chi connectivity index (χ3n) is 16.2. The van der Waals surface area contributed by atoms with Crippen molar-refractivity contribution in [2.45, 2.75) is 107 Å². The molecule has 4 aromatic carbocycles. The van der Waals surface area contributed by atoms with Crippen LogP contribution in [0.5, 0.6) is 34.5 Å². The number of carbonyl (C=O) groups is 2. The van der Waals surface area contributed by atoms with Crippen LogP contribution in [0.4, 0.5) is 5.69 Å². The van der Waals surface area contributed by atoms with Crippen molar-refractivity contribution in [2.24, 2.45) is 11.8 Å². The summed E-state index contributed by atoms with van der Waals surface area (Å²) in [4.78, 5) is 28.4. The van der Waals surface area contributed by atoms with E-state index >= 15 is 0 Å². The van der Waals surface area contributed by atoms with Gasteiger partial charge >= 0.3 is 0 Å². The Morgan fingerprint density at radius 1 is 0.853 bits per heavy atom. The first kappa shape index (κ1) is 46.0. The quantitative estimate of drug-likeness (QED) is 0.0392. The van der Waals surface area contributed by atoms with E-state index in [9.17, 15) is 30.0 Å². The van der Waals surface area contributed by atoms with Crippen LogP contribution in [-0.4, -0.2) is 90.0 Å². The largest absolute Gasteiger partial charge is 0.502 e. The number of rotatable bonds is 15. The minimum absolute atomic E-state index is 0.00311. The lowest BCUT2D eigenvalue weighted by Crippen LogP contribution is -2.60. The van der Waals surface area contributed by atoms with Crippen molar-refractivity contribution in [1.82, 2.24) is 10.2 Å². The molecule has 2 fully saturated rings. The van der Waals surface area contributed by atoms with Crippen LogP contribution in [-0.2, 0) is 27.8 Å². The summed E-state index contributed by atoms with van der Waals surface area (Å²) >= 11 is 0. The number of carbonyl (C=O) groups excluding carboxylic acids is 2. The minimum atomic E-state index is -1.06. The zero-order valence-electron chi connectivity index (χ0n) is 39.1. The van der Waals surface area contributed by atoms with E-state index in [-0.39, 0.29) is 61.5 Å². The van der Waals surface area contributed by atoms with Gasteiger partial charge in [-0.3, -0.25) is 19.8 Å². The molecule has 3 aliphatic carbocycles. The predicted octanol–water partition coefficient (Wildman–Crippen LogP) is 7.49. The van der Waals surface area contributed by atoms with Crippen molar-refractivity contribution in [1.29, 1.82) is 0 Å². The van der Waals surface area contributed by atoms with Crippen LogP contribution in [0, 0.1) is 11.8 Å². The number of phenols is 1. The molecule has 14 nitrogen and oxygen atoms in total. The fourth-order valence-electron chi connectivity index (χ4n) is 13.0. The highest BCUT2D eigenvalue weighted by atomic mass is 16.5. The van der Waals surface area contributed by atoms with Gasteiger partial charge in [-0.05, 0) is 86.2 Å². The van der Waals surface area contributed by atoms with Crippen molar-refractivity contribution < 1.29 is 53.7 Å². The van der Waals surface area contributed by atoms with Gasteiger partial charge in [0.2, 0.25) is 5.75 Å². The maximum Gasteiger partial charge on any atom is 0.254 e. The number of phenolic OH excluding ortho intramolecular Hbond substituents is 1. The normalized spacial score (nSPS) is 24.9. The molecule has 6 aliphatic rings. The van der Waals surface area contributed by atoms with Crippen LogP contribution in [0.2, 0.25) is 0 Å². The number of fused-ring (bicyclic) bond motifs is 2. The number of aliphatic hydroxyl groups is 3. The standard InChI is InChI=1S/C54H63N3O11/c1-4-55-30-68-41-25-39(64-2)35-15-16-36-46-38(56-52(63)49(41)48(35)46)24-40-47(36)50(61)37(29-67-40)31-22-42(65-3)51(62)43(23-31)66-28-34(27-58)53(32-12-7-5-8-13-32)19-11-14-33(26-53)54(20-9-6-10-21-54)57-44(59)17-18-45(57)60/h5,7-8,12-13,17-18,22-25,33-34,37,50,52,55-56,58,61-63H,4,6,9-11,14-16,19-21,26-30H2,1-3H3/t33-,34+,37+,50+,52+,53-/m1/s1. The van der Waals surface area contributed by atoms with Crippen LogP contribution < -0.4 is 34.3 Å². The van der Waals surface area contributed by atoms with Crippen LogP contribution in [0.1, 0.15) is 116 Å². The molecule has 0 unspecified atom stereocenters. The number of aromatic hydroxyl groups is 1. The Labute approximate surface area is 397 Å². The number of ether oxygens (including phenoxy) is 5. The molecule has 0 radical (unpaired) electrons. The van der Waals surface area contributed by atoms with Crippen LogP contribution in [0.3, 0.4) is 0 Å². The second-order valence-corrected chi connectivity index (χ2v) is 19.4. The van der Waals surface area contributed by atoms with E-state index in [0.717, 1.165) is 79.2 Å². The van der Waals surface area contributed by atoms with Crippen LogP contribution in [0.15, 0.2) is 66.7 Å². The molecule has 6 N–H and O–H groups in total. The second kappa shape index (κ2) is 18.6. The molecule has 14 heteroatoms. The van der Waals surface area contributed by atoms with Gasteiger partial charge in [-0.15, -0.1) is 0 Å². The zero-order valence-corrected chi connectivity index (χ0v) is 39.1. The lowest BCUT2D eigenvalue weighted by Gasteiger charge is -2.55. The number of imide groups is 1. The van der Waals surface area contributed by atoms with Gasteiger partial charge in [-0.2, -0.15) is 0 Å². The van der Waals surface area contributed by atoms with Gasteiger partial charge in [0.1, 0.15) is 24.0 Å². The number of hydrogen-bond acceptors (Lipinski definition) is 13. The Morgan fingerprint density at radius 3 is 2.31 bits per heavy atom. The summed E-state index contributed by atoms with van der Waals surface area (Å²) in [5, 5.41) is 53.6. The van der Waals surface area contributed by atoms with Crippen molar-refractivity contribution in [2.75, 3.05) is 52.6 Å². The Bertz CT molecular complexity index is 2590. The number of benzene rings is 4. The molecule has 3 aliphatic heterocycles. The maximum atomic E-state index is 13.4. The van der Waals surface area contributed by atoms with Crippen molar-refractivity contribution in [3.05, 3.63) is 100 Å². The minimum Gasteiger partial charge on any atom is -0.502 e. The molecule has 68 heavy (non-hydrogen) atoms. The fourth-order valence-corrected chi connectivity index (χ4v) is 13.0. The summed E-state index contributed by atoms with van der Waals surface area (Å²) in [6, 6.07) is 17.3. The van der Waals surface area contributed by atoms with Gasteiger partial charge in [0.25, 0.3) is 11.8 Å². The number of aliphatic hydroxyl groups excluding tert-OH is 3. The van der Waals surface area contributed by atoms with E-state index in [0.29, 0.717) is 65.4 Å². The Morgan fingerprint density at radius 2 is 1.59 bits per heavy atom. The SMILES string of the molecule is CCNCOc1cc(OC)c2c3c1[C@H](O)Nc1cc4c(c(c1-3)CC2)[C@@H](O)[C@H](c1cc(OC)c(O)c(OC[C@H](CO)[C@]2(c3ccccc3)CCC[C@@H](C3(N5C(=O)C=CC5=O)CCCCC3)C2)c1)CO4. The van der Waals surface area contributed by atoms with E-state index in [2.05, 4.69) is 22.8 Å². The average molecular weight is 930 g/mol. The smallest absolute Gasteiger partial charge is 0.254 e. The highest BCUT2D eigenvalue weighted by molar-refractivity contribution is 6.13. The molecule has 0 saturated heterocycles. The zero-order chi connectivity index (χ0) is 47.3. The van der Waals surface area contributed by atoms with Crippen molar-refractivity contribution >= 4 is 17.5 Å². The van der Waals surface area contributed by atoms with E-state index in [1.807, 2.05) is 37.3 Å². The number of hydrogen-bond donors (Lipinski definition) is 6. The molecule has 2 amide bonds. The monoisotopic (exact) mass is 929 g/mol. The second-order valence-electron chi connectivity index (χ2n) is 19.4. The first-order valence-corrected chi connectivity index (χ1v) is 24.4. The maximum absolute atomic E-state index is 13.4. The molecule has 4 aromatic rings. The predicted molar refractivity (Wildman–Crippen MR) is 254 cm³/mol. The first-order valence-electron chi connectivity index (χ1n) is 24.4. The molecule has 0 spiro atoms. The molecule has 2 saturated carbocycles. The van der Waals surface area contributed by atoms with Crippen LogP contribution in [0.25, 0.3) is 11.1 Å². The number of anilines is 1. The van der Waals surface area contributed by atoms with Gasteiger partial charge in [0.15, 0.2) is 17.7 Å². The van der Waals surface area contributed by atoms with Crippen molar-refractivity contribution in [3.8, 4) is 45.6 Å². The average Bonchev–Trinajstić information content (AvgIpc) is 3.71. The molecular weight excluding hydrogens is 867 g/mol. The van der Waals surface area contributed by atoms with Gasteiger partial charge in [0.05, 0.1) is 44.6 Å². The first-order chi connectivity index (χ1) is 33.1. The summed E-state index contributed by atoms with van der Waals surface area (Å²) < 4.78 is 30.9. The van der Waals surface area contributed by atoms with E-state index in [4.69, 9.17) is 23.7 Å². The Balaban J connectivity index is 0.974. The fraction of sp³-hybridized carbons (Fsp3) is 0.481. The third kappa shape index (κ3) is 7.55. The molecule has 10 rings (SSSR count). The van der Waals surface area contributed by atoms with E-state index in [1.165, 1.54) is 19.3 Å². The Kier molecular flexibility index (Phi) is 12.6. The summed E-state index contributed by atoms with van der Waals surface area (Å²) in [6.07, 6.45) is 9.44. The number of nitrogens with one attached hydrogen (secondary N) is 2. The lowest BCUT2D eigenvalue weighted by molar-refractivity contribution is -0.151. The summed E-state index contributed by atoms with van der Waals surface area (Å²) in [5.41, 5.74) is 6.03. The summed E-state index contributed by atoms with van der Waals surface area (Å²) in [6.45, 7) is 2.89. The van der Waals surface area contributed by atoms with E-state index in [1.54, 1.807) is 24.1 Å². The third-order valence-corrected chi connectivity index (χ3v) is 16.2. The highest BCUT2D eigenvalue weighted by Gasteiger charge is 2.55. The molecule has 0 bridgehead atoms. The number of amides is 2.